The highest BCUT2D eigenvalue weighted by Gasteiger charge is 1.86. The lowest BCUT2D eigenvalue weighted by molar-refractivity contribution is 0.593. The second-order valence-electron chi connectivity index (χ2n) is 1.40. The summed E-state index contributed by atoms with van der Waals surface area (Å²) in [5, 5.41) is 5.50. The highest BCUT2D eigenvalue weighted by atomic mass is 79.9. The maximum absolute atomic E-state index is 11.3. The first-order valence-corrected chi connectivity index (χ1v) is 4.94. The zero-order chi connectivity index (χ0) is 7.54. The van der Waals surface area contributed by atoms with Gasteiger partial charge in [0.2, 0.25) is 0 Å². The van der Waals surface area contributed by atoms with Crippen LogP contribution in [-0.2, 0) is 0 Å². The molecule has 0 bridgehead atoms. The van der Waals surface area contributed by atoms with E-state index < -0.39 is 0 Å². The Morgan fingerprint density at radius 1 is 1.60 bits per heavy atom. The molecule has 1 nitrogen and oxygen atoms in total. The van der Waals surface area contributed by atoms with Crippen LogP contribution in [0.15, 0.2) is 12.2 Å². The van der Waals surface area contributed by atoms with Crippen molar-refractivity contribution in [2.45, 2.75) is 11.5 Å². The number of allylic oxidation sites excluding steroid dienone is 2. The van der Waals surface area contributed by atoms with E-state index in [1.165, 1.54) is 0 Å². The standard InChI is InChI=1S/C4H7.CH2F.CH3N.BrH.Mg/c1-3-4-2;2*1-2;;/h3-4H,1H2,2H3;1H2;2H,1H2;1H;. The van der Waals surface area contributed by atoms with E-state index in [0.29, 0.717) is 0 Å². The maximum Gasteiger partial charge on any atom is 0.418 e. The summed E-state index contributed by atoms with van der Waals surface area (Å²) in [4.78, 5) is -0.0513. The molecule has 0 aliphatic rings. The number of rotatable bonds is 3. The first kappa shape index (κ1) is 16.9. The van der Waals surface area contributed by atoms with Gasteiger partial charge in [-0.1, -0.05) is 6.08 Å². The van der Waals surface area contributed by atoms with Gasteiger partial charge in [0.05, 0.1) is 0 Å². The first-order valence-electron chi connectivity index (χ1n) is 2.94. The van der Waals surface area contributed by atoms with Crippen LogP contribution in [0.2, 0.25) is 4.55 Å². The molecule has 0 spiro atoms. The average molecular weight is 222 g/mol. The van der Waals surface area contributed by atoms with Gasteiger partial charge in [-0.3, -0.25) is 4.39 Å². The average Bonchev–Trinajstić information content (AvgIpc) is 1.94. The number of hydrogen-bond donors (Lipinski definition) is 1. The van der Waals surface area contributed by atoms with Crippen LogP contribution in [0.25, 0.3) is 0 Å². The normalized spacial score (nSPS) is 7.00. The minimum atomic E-state index is -0.343. The highest BCUT2D eigenvalue weighted by molar-refractivity contribution is 8.93. The molecule has 1 N–H and O–H groups in total. The molecule has 0 fully saturated rings. The Morgan fingerprint density at radius 2 is 2.10 bits per heavy atom. The summed E-state index contributed by atoms with van der Waals surface area (Å²) in [6.07, 6.45) is 4.01. The molecule has 0 aromatic rings. The van der Waals surface area contributed by atoms with Crippen molar-refractivity contribution in [3.8, 4) is 0 Å². The Hall–Kier alpha value is 0.586. The van der Waals surface area contributed by atoms with Gasteiger partial charge in [0.15, 0.2) is 0 Å². The van der Waals surface area contributed by atoms with Crippen molar-refractivity contribution in [2.24, 2.45) is 0 Å². The molecule has 58 valence electrons. The molecule has 0 heterocycles. The second-order valence-corrected chi connectivity index (χ2v) is 3.06. The molecular weight excluding hydrogens is 209 g/mol. The largest absolute Gasteiger partial charge is 0.418 e. The maximum atomic E-state index is 11.3. The Balaban J connectivity index is -0.000000149. The quantitative estimate of drug-likeness (QED) is 0.328. The first-order chi connectivity index (χ1) is 4.41. The van der Waals surface area contributed by atoms with E-state index in [-0.39, 0.29) is 42.2 Å². The smallest absolute Gasteiger partial charge is 0.317 e. The fourth-order valence-electron chi connectivity index (χ4n) is 0.362. The van der Waals surface area contributed by atoms with E-state index in [4.69, 9.17) is 5.41 Å². The molecule has 0 saturated heterocycles. The van der Waals surface area contributed by atoms with Gasteiger partial charge in [-0.2, -0.15) is 0 Å². The number of hydrogen-bond acceptors (Lipinski definition) is 1. The van der Waals surface area contributed by atoms with Gasteiger partial charge in [0, 0.05) is 0 Å². The lowest BCUT2D eigenvalue weighted by atomic mass is 10.6. The van der Waals surface area contributed by atoms with E-state index in [1.54, 1.807) is 0 Å². The Kier molecular flexibility index (Phi) is 38.3. The molecule has 0 unspecified atom stereocenters. The third kappa shape index (κ3) is 23.5. The predicted molar refractivity (Wildman–Crippen MR) is 51.5 cm³/mol. The van der Waals surface area contributed by atoms with Crippen LogP contribution in [0.1, 0.15) is 6.92 Å². The van der Waals surface area contributed by atoms with Gasteiger partial charge in [-0.25, -0.2) is 0 Å². The molecule has 10 heavy (non-hydrogen) atoms. The molecule has 0 aromatic carbocycles. The molecule has 0 rings (SSSR count). The highest BCUT2D eigenvalue weighted by Crippen LogP contribution is 1.80. The lowest BCUT2D eigenvalue weighted by Gasteiger charge is -1.76. The minimum absolute atomic E-state index is 0. The summed E-state index contributed by atoms with van der Waals surface area (Å²) in [6.45, 7) is 4.46. The van der Waals surface area contributed by atoms with Crippen molar-refractivity contribution in [3.05, 3.63) is 12.2 Å². The fourth-order valence-corrected chi connectivity index (χ4v) is 1.09. The van der Waals surface area contributed by atoms with Crippen LogP contribution in [0.5, 0.6) is 0 Å². The van der Waals surface area contributed by atoms with Gasteiger partial charge < -0.3 is 5.41 Å². The van der Waals surface area contributed by atoms with E-state index in [0.717, 1.165) is 4.55 Å². The van der Waals surface area contributed by atoms with Crippen molar-refractivity contribution < 1.29 is 4.39 Å². The van der Waals surface area contributed by atoms with Crippen LogP contribution in [0.3, 0.4) is 0 Å². The summed E-state index contributed by atoms with van der Waals surface area (Å²) in [7, 11) is 0. The Morgan fingerprint density at radius 3 is 2.40 bits per heavy atom. The van der Waals surface area contributed by atoms with Crippen molar-refractivity contribution in [2.75, 3.05) is 4.80 Å². The van der Waals surface area contributed by atoms with Crippen molar-refractivity contribution in [1.29, 1.82) is 5.41 Å². The molecule has 0 aromatic heterocycles. The van der Waals surface area contributed by atoms with E-state index >= 15 is 0 Å². The van der Waals surface area contributed by atoms with E-state index in [2.05, 4.69) is 6.72 Å². The van der Waals surface area contributed by atoms with Gasteiger partial charge in [0.25, 0.3) is 0 Å². The topological polar surface area (TPSA) is 23.9 Å². The van der Waals surface area contributed by atoms with Crippen molar-refractivity contribution in [3.63, 3.8) is 0 Å². The third-order valence-corrected chi connectivity index (χ3v) is 1.75. The van der Waals surface area contributed by atoms with Crippen LogP contribution in [-0.4, -0.2) is 31.9 Å². The van der Waals surface area contributed by atoms with E-state index in [9.17, 15) is 4.39 Å². The van der Waals surface area contributed by atoms with Crippen LogP contribution < -0.4 is 0 Å². The van der Waals surface area contributed by atoms with Crippen LogP contribution in [0, 0.1) is 5.41 Å². The summed E-state index contributed by atoms with van der Waals surface area (Å²) in [5.74, 6) is 0. The number of halogens is 2. The molecule has 0 aliphatic carbocycles. The zero-order valence-electron chi connectivity index (χ0n) is 6.27. The molecular formula is C6H13BrFMgN. The second kappa shape index (κ2) is 22.6. The van der Waals surface area contributed by atoms with Gasteiger partial charge in [0.1, 0.15) is 0 Å². The van der Waals surface area contributed by atoms with Gasteiger partial charge in [-0.15, -0.1) is 27.6 Å². The Bertz CT molecular complexity index is 70.8. The third-order valence-electron chi connectivity index (χ3n) is 0.740. The lowest BCUT2D eigenvalue weighted by Crippen LogP contribution is -1.87. The molecule has 0 amide bonds. The van der Waals surface area contributed by atoms with E-state index in [1.807, 2.05) is 19.1 Å². The van der Waals surface area contributed by atoms with Crippen molar-refractivity contribution in [1.82, 2.24) is 0 Å². The van der Waals surface area contributed by atoms with Crippen LogP contribution in [0.4, 0.5) is 4.39 Å². The fraction of sp³-hybridized carbons (Fsp3) is 0.500. The summed E-state index contributed by atoms with van der Waals surface area (Å²) in [5.41, 5.74) is 0. The van der Waals surface area contributed by atoms with Crippen molar-refractivity contribution >= 4 is 44.1 Å². The minimum Gasteiger partial charge on any atom is -0.317 e. The predicted octanol–water partition coefficient (Wildman–Crippen LogP) is 2.46. The van der Waals surface area contributed by atoms with Crippen LogP contribution >= 0.6 is 17.0 Å². The number of alkyl halides is 1. The molecule has 0 atom stereocenters. The molecule has 0 saturated carbocycles. The molecule has 0 aliphatic heterocycles. The van der Waals surface area contributed by atoms with Gasteiger partial charge >= 0.3 is 20.4 Å². The SMILES string of the molecule is Br.C=N.CC=C[CH2][Mg][CH2]F. The monoisotopic (exact) mass is 221 g/mol. The number of nitrogens with one attached hydrogen (secondary N) is 1. The summed E-state index contributed by atoms with van der Waals surface area (Å²) in [6, 6.07) is 0. The summed E-state index contributed by atoms with van der Waals surface area (Å²) >= 11 is -0.343. The Labute approximate surface area is 82.1 Å². The molecule has 4 heteroatoms. The molecule has 0 radical (unpaired) electrons. The van der Waals surface area contributed by atoms with Gasteiger partial charge in [-0.05, 0) is 18.4 Å². The zero-order valence-corrected chi connectivity index (χ0v) is 9.40. The summed E-state index contributed by atoms with van der Waals surface area (Å²) < 4.78 is 12.4.